The van der Waals surface area contributed by atoms with Gasteiger partial charge in [-0.15, -0.1) is 0 Å². The highest BCUT2D eigenvalue weighted by Crippen LogP contribution is 2.40. The summed E-state index contributed by atoms with van der Waals surface area (Å²) in [5, 5.41) is 0.586. The lowest BCUT2D eigenvalue weighted by atomic mass is 9.84. The largest absolute Gasteiger partial charge is 0.465 e. The molecule has 0 aromatic heterocycles. The third kappa shape index (κ3) is 6.71. The summed E-state index contributed by atoms with van der Waals surface area (Å²) in [5.41, 5.74) is 0.475. The van der Waals surface area contributed by atoms with Crippen LogP contribution in [0.1, 0.15) is 78.4 Å². The molecular weight excluding hydrogens is 464 g/mol. The van der Waals surface area contributed by atoms with Crippen molar-refractivity contribution in [2.45, 2.75) is 84.9 Å². The van der Waals surface area contributed by atoms with Crippen LogP contribution in [0.5, 0.6) is 0 Å². The van der Waals surface area contributed by atoms with Crippen molar-refractivity contribution in [3.05, 3.63) is 34.3 Å². The molecule has 1 aromatic carbocycles. The highest BCUT2D eigenvalue weighted by atomic mass is 35.5. The van der Waals surface area contributed by atoms with Gasteiger partial charge in [0.1, 0.15) is 11.0 Å². The Morgan fingerprint density at radius 1 is 1.09 bits per heavy atom. The number of hydrogen-bond donors (Lipinski definition) is 0. The highest BCUT2D eigenvalue weighted by Gasteiger charge is 2.44. The minimum atomic E-state index is -0.921. The van der Waals surface area contributed by atoms with Gasteiger partial charge in [-0.25, -0.2) is 4.79 Å². The zero-order valence-corrected chi connectivity index (χ0v) is 22.8. The van der Waals surface area contributed by atoms with E-state index in [1.807, 2.05) is 37.8 Å². The van der Waals surface area contributed by atoms with Gasteiger partial charge in [-0.2, -0.15) is 0 Å². The molecule has 2 heterocycles. The number of hydrogen-bond acceptors (Lipinski definition) is 5. The van der Waals surface area contributed by atoms with E-state index in [0.717, 1.165) is 49.9 Å². The molecule has 192 valence electrons. The SMILES string of the molecule is CCOC(=O)C(C)(C)C#Cc1c(Cl)cccc1CN1CCCC12CCN(C(=O)OC(C)(C)C)CC2. The van der Waals surface area contributed by atoms with Crippen LogP contribution in [0.3, 0.4) is 0 Å². The van der Waals surface area contributed by atoms with E-state index < -0.39 is 11.0 Å². The smallest absolute Gasteiger partial charge is 0.410 e. The molecule has 2 aliphatic heterocycles. The summed E-state index contributed by atoms with van der Waals surface area (Å²) >= 11 is 6.57. The number of rotatable bonds is 4. The van der Waals surface area contributed by atoms with E-state index in [9.17, 15) is 9.59 Å². The molecule has 0 saturated carbocycles. The molecule has 1 amide bonds. The summed E-state index contributed by atoms with van der Waals surface area (Å²) in [6.07, 6.45) is 3.86. The summed E-state index contributed by atoms with van der Waals surface area (Å²) in [6, 6.07) is 5.85. The number of carbonyl (C=O) groups is 2. The predicted octanol–water partition coefficient (Wildman–Crippen LogP) is 5.65. The van der Waals surface area contributed by atoms with Crippen molar-refractivity contribution in [3.8, 4) is 11.8 Å². The lowest BCUT2D eigenvalue weighted by Crippen LogP contribution is -2.53. The average molecular weight is 503 g/mol. The number of nitrogens with zero attached hydrogens (tertiary/aromatic N) is 2. The van der Waals surface area contributed by atoms with Crippen LogP contribution in [0.25, 0.3) is 0 Å². The maximum absolute atomic E-state index is 12.5. The highest BCUT2D eigenvalue weighted by molar-refractivity contribution is 6.31. The zero-order valence-electron chi connectivity index (χ0n) is 22.0. The summed E-state index contributed by atoms with van der Waals surface area (Å²) in [4.78, 5) is 29.2. The first-order valence-corrected chi connectivity index (χ1v) is 13.0. The van der Waals surface area contributed by atoms with Crippen LogP contribution < -0.4 is 0 Å². The number of likely N-dealkylation sites (tertiary alicyclic amines) is 2. The van der Waals surface area contributed by atoms with E-state index in [0.29, 0.717) is 24.7 Å². The molecule has 0 N–H and O–H groups in total. The molecule has 0 atom stereocenters. The van der Waals surface area contributed by atoms with Crippen LogP contribution in [0.2, 0.25) is 5.02 Å². The maximum atomic E-state index is 12.5. The van der Waals surface area contributed by atoms with E-state index in [1.54, 1.807) is 20.8 Å². The Morgan fingerprint density at radius 2 is 1.77 bits per heavy atom. The first kappa shape index (κ1) is 27.4. The van der Waals surface area contributed by atoms with Crippen LogP contribution in [0, 0.1) is 17.3 Å². The van der Waals surface area contributed by atoms with Gasteiger partial charge in [-0.3, -0.25) is 9.69 Å². The Bertz CT molecular complexity index is 994. The second kappa shape index (κ2) is 10.8. The molecule has 2 fully saturated rings. The lowest BCUT2D eigenvalue weighted by molar-refractivity contribution is -0.150. The second-order valence-corrected chi connectivity index (χ2v) is 11.5. The van der Waals surface area contributed by atoms with Gasteiger partial charge >= 0.3 is 12.1 Å². The van der Waals surface area contributed by atoms with Crippen molar-refractivity contribution in [1.29, 1.82) is 0 Å². The Hall–Kier alpha value is -2.23. The van der Waals surface area contributed by atoms with Crippen LogP contribution >= 0.6 is 11.6 Å². The van der Waals surface area contributed by atoms with Crippen LogP contribution in [-0.2, 0) is 20.8 Å². The van der Waals surface area contributed by atoms with Crippen molar-refractivity contribution < 1.29 is 19.1 Å². The first-order valence-electron chi connectivity index (χ1n) is 12.6. The number of piperidine rings is 1. The second-order valence-electron chi connectivity index (χ2n) is 11.1. The van der Waals surface area contributed by atoms with Gasteiger partial charge in [-0.1, -0.05) is 35.6 Å². The average Bonchev–Trinajstić information content (AvgIpc) is 3.14. The Morgan fingerprint density at radius 3 is 2.40 bits per heavy atom. The third-order valence-electron chi connectivity index (χ3n) is 6.83. The molecule has 6 nitrogen and oxygen atoms in total. The number of esters is 1. The number of halogens is 1. The topological polar surface area (TPSA) is 59.1 Å². The fourth-order valence-corrected chi connectivity index (χ4v) is 5.11. The van der Waals surface area contributed by atoms with Gasteiger partial charge in [0.15, 0.2) is 0 Å². The van der Waals surface area contributed by atoms with Crippen molar-refractivity contribution in [2.75, 3.05) is 26.2 Å². The maximum Gasteiger partial charge on any atom is 0.410 e. The van der Waals surface area contributed by atoms with Gasteiger partial charge in [0.2, 0.25) is 0 Å². The van der Waals surface area contributed by atoms with Crippen LogP contribution in [0.15, 0.2) is 18.2 Å². The van der Waals surface area contributed by atoms with Crippen molar-refractivity contribution in [1.82, 2.24) is 9.80 Å². The van der Waals surface area contributed by atoms with Gasteiger partial charge in [-0.05, 0) is 85.4 Å². The van der Waals surface area contributed by atoms with Gasteiger partial charge < -0.3 is 14.4 Å². The van der Waals surface area contributed by atoms with Crippen LogP contribution in [-0.4, -0.2) is 59.2 Å². The molecule has 35 heavy (non-hydrogen) atoms. The fourth-order valence-electron chi connectivity index (χ4n) is 4.87. The molecule has 3 rings (SSSR count). The van der Waals surface area contributed by atoms with Gasteiger partial charge in [0.25, 0.3) is 0 Å². The summed E-state index contributed by atoms with van der Waals surface area (Å²) in [6.45, 7) is 14.5. The molecule has 0 bridgehead atoms. The number of ether oxygens (including phenoxy) is 2. The number of amides is 1. The van der Waals surface area contributed by atoms with E-state index in [2.05, 4.69) is 22.8 Å². The molecular formula is C28H39ClN2O4. The standard InChI is InChI=1S/C28H39ClN2O4/c1-7-34-24(32)27(5,6)14-12-22-21(10-8-11-23(22)29)20-31-17-9-13-28(31)15-18-30(19-16-28)25(33)35-26(2,3)4/h8,10-11H,7,9,13,15-20H2,1-6H3. The number of carbonyl (C=O) groups excluding carboxylic acids is 2. The zero-order chi connectivity index (χ0) is 25.9. The van der Waals surface area contributed by atoms with Crippen LogP contribution in [0.4, 0.5) is 4.79 Å². The van der Waals surface area contributed by atoms with Crippen molar-refractivity contribution >= 4 is 23.7 Å². The predicted molar refractivity (Wildman–Crippen MR) is 138 cm³/mol. The quantitative estimate of drug-likeness (QED) is 0.393. The summed E-state index contributed by atoms with van der Waals surface area (Å²) in [5.74, 6) is 5.94. The van der Waals surface area contributed by atoms with E-state index in [4.69, 9.17) is 21.1 Å². The van der Waals surface area contributed by atoms with E-state index in [1.165, 1.54) is 0 Å². The van der Waals surface area contributed by atoms with E-state index in [-0.39, 0.29) is 17.6 Å². The molecule has 2 aliphatic rings. The molecule has 0 radical (unpaired) electrons. The molecule has 1 aromatic rings. The molecule has 0 unspecified atom stereocenters. The normalized spacial score (nSPS) is 18.2. The van der Waals surface area contributed by atoms with E-state index >= 15 is 0 Å². The Labute approximate surface area is 215 Å². The van der Waals surface area contributed by atoms with Gasteiger partial charge in [0.05, 0.1) is 11.6 Å². The monoisotopic (exact) mass is 502 g/mol. The van der Waals surface area contributed by atoms with Crippen molar-refractivity contribution in [2.24, 2.45) is 5.41 Å². The molecule has 1 spiro atoms. The minimum absolute atomic E-state index is 0.0652. The molecule has 0 aliphatic carbocycles. The van der Waals surface area contributed by atoms with Gasteiger partial charge in [0, 0.05) is 30.7 Å². The summed E-state index contributed by atoms with van der Waals surface area (Å²) in [7, 11) is 0. The first-order chi connectivity index (χ1) is 16.4. The Kier molecular flexibility index (Phi) is 8.44. The van der Waals surface area contributed by atoms with Crippen molar-refractivity contribution in [3.63, 3.8) is 0 Å². The minimum Gasteiger partial charge on any atom is -0.465 e. The summed E-state index contributed by atoms with van der Waals surface area (Å²) < 4.78 is 10.7. The lowest BCUT2D eigenvalue weighted by Gasteiger charge is -2.45. The third-order valence-corrected chi connectivity index (χ3v) is 7.15. The molecule has 7 heteroatoms. The molecule has 2 saturated heterocycles. The number of benzene rings is 1. The fraction of sp³-hybridized carbons (Fsp3) is 0.643. The Balaban J connectivity index is 1.76.